The molecule has 0 N–H and O–H groups in total. The average molecular weight is 445 g/mol. The molecule has 3 aromatic rings. The molecule has 0 amide bonds. The fourth-order valence-corrected chi connectivity index (χ4v) is 3.84. The van der Waals surface area contributed by atoms with Crippen LogP contribution in [0.25, 0.3) is 11.5 Å². The lowest BCUT2D eigenvalue weighted by Crippen LogP contribution is -2.05. The number of fused-ring (bicyclic) bond motifs is 1. The first-order chi connectivity index (χ1) is 15.2. The first kappa shape index (κ1) is 21.9. The lowest BCUT2D eigenvalue weighted by molar-refractivity contribution is -0.146. The summed E-state index contributed by atoms with van der Waals surface area (Å²) in [5.41, 5.74) is 2.26. The van der Waals surface area contributed by atoms with Crippen molar-refractivity contribution in [2.45, 2.75) is 45.4 Å². The van der Waals surface area contributed by atoms with E-state index in [2.05, 4.69) is 4.98 Å². The highest BCUT2D eigenvalue weighted by Gasteiger charge is 2.31. The number of aryl methyl sites for hydroxylation is 2. The van der Waals surface area contributed by atoms with E-state index in [1.807, 2.05) is 18.2 Å². The summed E-state index contributed by atoms with van der Waals surface area (Å²) in [4.78, 5) is 15.6. The number of halogens is 3. The molecule has 2 aromatic carbocycles. The van der Waals surface area contributed by atoms with Crippen molar-refractivity contribution in [3.63, 3.8) is 0 Å². The smallest absolute Gasteiger partial charge is 0.416 e. The van der Waals surface area contributed by atoms with Crippen LogP contribution >= 0.6 is 0 Å². The number of carbonyl (C=O) groups excluding carboxylic acids is 1. The lowest BCUT2D eigenvalue weighted by Gasteiger charge is -2.12. The Hall–Kier alpha value is -3.29. The normalized spacial score (nSPS) is 15.5. The second kappa shape index (κ2) is 8.68. The van der Waals surface area contributed by atoms with Gasteiger partial charge >= 0.3 is 12.1 Å². The number of aromatic nitrogens is 1. The molecule has 0 aliphatic heterocycles. The number of carbonyl (C=O) groups is 1. The Morgan fingerprint density at radius 1 is 1.22 bits per heavy atom. The molecule has 1 unspecified atom stereocenters. The van der Waals surface area contributed by atoms with E-state index in [-0.39, 0.29) is 23.5 Å². The third-order valence-corrected chi connectivity index (χ3v) is 5.38. The van der Waals surface area contributed by atoms with Gasteiger partial charge in [-0.25, -0.2) is 4.98 Å². The number of esters is 1. The van der Waals surface area contributed by atoms with E-state index in [1.54, 1.807) is 6.92 Å². The standard InChI is InChI=1S/C24H22F3NO4/c1-14-21(28-23(31-14)17-4-3-5-18(12-17)24(25,26)27)10-11-30-19-7-8-20-16(13-19)6-9-22(20)32-15(2)29/h3-5,7-8,12-13,22H,6,9-11H2,1-2H3. The second-order valence-corrected chi connectivity index (χ2v) is 7.70. The molecule has 32 heavy (non-hydrogen) atoms. The zero-order valence-electron chi connectivity index (χ0n) is 17.7. The fraction of sp³-hybridized carbons (Fsp3) is 0.333. The zero-order valence-corrected chi connectivity index (χ0v) is 17.7. The minimum Gasteiger partial charge on any atom is -0.493 e. The largest absolute Gasteiger partial charge is 0.493 e. The van der Waals surface area contributed by atoms with Gasteiger partial charge in [0.05, 0.1) is 17.9 Å². The molecule has 1 aromatic heterocycles. The fourth-order valence-electron chi connectivity index (χ4n) is 3.84. The highest BCUT2D eigenvalue weighted by Crippen LogP contribution is 2.36. The van der Waals surface area contributed by atoms with E-state index in [1.165, 1.54) is 19.1 Å². The van der Waals surface area contributed by atoms with Gasteiger partial charge in [0, 0.05) is 18.9 Å². The van der Waals surface area contributed by atoms with Gasteiger partial charge in [-0.15, -0.1) is 0 Å². The topological polar surface area (TPSA) is 61.6 Å². The van der Waals surface area contributed by atoms with Crippen LogP contribution in [0.15, 0.2) is 46.9 Å². The highest BCUT2D eigenvalue weighted by atomic mass is 19.4. The van der Waals surface area contributed by atoms with Crippen LogP contribution in [0.5, 0.6) is 5.75 Å². The van der Waals surface area contributed by atoms with Gasteiger partial charge in [0.25, 0.3) is 0 Å². The Morgan fingerprint density at radius 3 is 2.78 bits per heavy atom. The van der Waals surface area contributed by atoms with Crippen molar-refractivity contribution in [3.05, 3.63) is 70.6 Å². The molecule has 4 rings (SSSR count). The molecule has 1 heterocycles. The summed E-state index contributed by atoms with van der Waals surface area (Å²) in [7, 11) is 0. The minimum absolute atomic E-state index is 0.151. The number of alkyl halides is 3. The number of ether oxygens (including phenoxy) is 2. The number of hydrogen-bond acceptors (Lipinski definition) is 5. The van der Waals surface area contributed by atoms with Crippen molar-refractivity contribution in [2.75, 3.05) is 6.61 Å². The molecule has 0 radical (unpaired) electrons. The minimum atomic E-state index is -4.43. The van der Waals surface area contributed by atoms with E-state index in [9.17, 15) is 18.0 Å². The predicted octanol–water partition coefficient (Wildman–Crippen LogP) is 5.84. The lowest BCUT2D eigenvalue weighted by atomic mass is 10.1. The molecule has 1 atom stereocenters. The SMILES string of the molecule is CC(=O)OC1CCc2cc(OCCc3nc(-c4cccc(C(F)(F)F)c4)oc3C)ccc21. The van der Waals surface area contributed by atoms with Gasteiger partial charge < -0.3 is 13.9 Å². The summed E-state index contributed by atoms with van der Waals surface area (Å²) < 4.78 is 55.7. The van der Waals surface area contributed by atoms with Crippen molar-refractivity contribution < 1.29 is 31.9 Å². The summed E-state index contributed by atoms with van der Waals surface area (Å²) in [6.07, 6.45) is -2.62. The van der Waals surface area contributed by atoms with Crippen LogP contribution in [0.3, 0.4) is 0 Å². The molecule has 8 heteroatoms. The molecule has 0 saturated carbocycles. The number of oxazole rings is 1. The highest BCUT2D eigenvalue weighted by molar-refractivity contribution is 5.66. The summed E-state index contributed by atoms with van der Waals surface area (Å²) >= 11 is 0. The summed E-state index contributed by atoms with van der Waals surface area (Å²) in [5, 5.41) is 0. The number of nitrogens with zero attached hydrogens (tertiary/aromatic N) is 1. The third-order valence-electron chi connectivity index (χ3n) is 5.38. The Morgan fingerprint density at radius 2 is 2.03 bits per heavy atom. The van der Waals surface area contributed by atoms with Crippen LogP contribution in [0.1, 0.15) is 47.6 Å². The molecular weight excluding hydrogens is 423 g/mol. The van der Waals surface area contributed by atoms with Crippen molar-refractivity contribution in [3.8, 4) is 17.2 Å². The Kier molecular flexibility index (Phi) is 5.95. The zero-order chi connectivity index (χ0) is 22.9. The van der Waals surface area contributed by atoms with Crippen LogP contribution < -0.4 is 4.74 Å². The van der Waals surface area contributed by atoms with Gasteiger partial charge in [-0.2, -0.15) is 13.2 Å². The molecule has 0 spiro atoms. The number of rotatable bonds is 6. The Bertz CT molecular complexity index is 1140. The maximum absolute atomic E-state index is 13.0. The molecule has 0 fully saturated rings. The number of hydrogen-bond donors (Lipinski definition) is 0. The Balaban J connectivity index is 1.40. The van der Waals surface area contributed by atoms with E-state index in [0.29, 0.717) is 30.2 Å². The van der Waals surface area contributed by atoms with E-state index in [0.717, 1.165) is 36.1 Å². The summed E-state index contributed by atoms with van der Waals surface area (Å²) in [6, 6.07) is 10.6. The van der Waals surface area contributed by atoms with E-state index in [4.69, 9.17) is 13.9 Å². The first-order valence-electron chi connectivity index (χ1n) is 10.3. The molecule has 168 valence electrons. The monoisotopic (exact) mass is 445 g/mol. The van der Waals surface area contributed by atoms with Crippen LogP contribution in [0.4, 0.5) is 13.2 Å². The summed E-state index contributed by atoms with van der Waals surface area (Å²) in [5.74, 6) is 1.10. The van der Waals surface area contributed by atoms with Crippen molar-refractivity contribution >= 4 is 5.97 Å². The molecule has 5 nitrogen and oxygen atoms in total. The van der Waals surface area contributed by atoms with Crippen LogP contribution in [0.2, 0.25) is 0 Å². The predicted molar refractivity (Wildman–Crippen MR) is 110 cm³/mol. The van der Waals surface area contributed by atoms with E-state index < -0.39 is 11.7 Å². The maximum atomic E-state index is 13.0. The quantitative estimate of drug-likeness (QED) is 0.446. The maximum Gasteiger partial charge on any atom is 0.416 e. The second-order valence-electron chi connectivity index (χ2n) is 7.70. The van der Waals surface area contributed by atoms with Gasteiger partial charge in [0.2, 0.25) is 5.89 Å². The van der Waals surface area contributed by atoms with E-state index >= 15 is 0 Å². The summed E-state index contributed by atoms with van der Waals surface area (Å²) in [6.45, 7) is 3.46. The first-order valence-corrected chi connectivity index (χ1v) is 10.3. The van der Waals surface area contributed by atoms with Gasteiger partial charge in [-0.1, -0.05) is 12.1 Å². The van der Waals surface area contributed by atoms with Gasteiger partial charge in [-0.05, 0) is 61.2 Å². The van der Waals surface area contributed by atoms with Gasteiger partial charge in [0.15, 0.2) is 0 Å². The van der Waals surface area contributed by atoms with Crippen LogP contribution in [-0.4, -0.2) is 17.6 Å². The van der Waals surface area contributed by atoms with Crippen molar-refractivity contribution in [1.82, 2.24) is 4.98 Å². The van der Waals surface area contributed by atoms with Crippen LogP contribution in [0, 0.1) is 6.92 Å². The third kappa shape index (κ3) is 4.79. The molecule has 1 aliphatic rings. The van der Waals surface area contributed by atoms with Gasteiger partial charge in [-0.3, -0.25) is 4.79 Å². The van der Waals surface area contributed by atoms with Crippen molar-refractivity contribution in [1.29, 1.82) is 0 Å². The molecule has 0 bridgehead atoms. The number of benzene rings is 2. The molecule has 0 saturated heterocycles. The van der Waals surface area contributed by atoms with Crippen LogP contribution in [-0.2, 0) is 28.5 Å². The molecule has 1 aliphatic carbocycles. The van der Waals surface area contributed by atoms with Crippen molar-refractivity contribution in [2.24, 2.45) is 0 Å². The van der Waals surface area contributed by atoms with Gasteiger partial charge in [0.1, 0.15) is 17.6 Å². The molecular formula is C24H22F3NO4. The average Bonchev–Trinajstić information content (AvgIpc) is 3.30. The Labute approximate surface area is 183 Å².